The van der Waals surface area contributed by atoms with Gasteiger partial charge < -0.3 is 24.8 Å². The highest BCUT2D eigenvalue weighted by atomic mass is 16.7. The summed E-state index contributed by atoms with van der Waals surface area (Å²) in [5.41, 5.74) is 8.68. The second-order valence-electron chi connectivity index (χ2n) is 9.89. The second-order valence-corrected chi connectivity index (χ2v) is 9.89. The fourth-order valence-electron chi connectivity index (χ4n) is 4.72. The molecule has 2 N–H and O–H groups in total. The van der Waals surface area contributed by atoms with Crippen molar-refractivity contribution in [1.29, 1.82) is 0 Å². The molecule has 0 unspecified atom stereocenters. The summed E-state index contributed by atoms with van der Waals surface area (Å²) in [6.45, 7) is 6.90. The van der Waals surface area contributed by atoms with Gasteiger partial charge in [-0.25, -0.2) is 0 Å². The van der Waals surface area contributed by atoms with Crippen LogP contribution in [0.5, 0.6) is 0 Å². The standard InChI is InChI=1S/C25H32N2O6/c1-24(2,3)33-21(28)7-6-20(22(26)29)27-15-18-14-17(4-5-19(18)23(27)30)16-8-10-25(11-9-16)31-12-13-32-25/h4-5,8,14,20H,6-7,9-13,15H2,1-3H3,(H2,26,29)/t20-/m0/s1. The minimum atomic E-state index is -0.869. The molecule has 178 valence electrons. The highest BCUT2D eigenvalue weighted by molar-refractivity contribution is 6.01. The van der Waals surface area contributed by atoms with Gasteiger partial charge in [0.15, 0.2) is 5.79 Å². The van der Waals surface area contributed by atoms with E-state index in [4.69, 9.17) is 19.9 Å². The molecule has 3 aliphatic rings. The van der Waals surface area contributed by atoms with Crippen molar-refractivity contribution in [2.24, 2.45) is 5.73 Å². The molecule has 2 heterocycles. The summed E-state index contributed by atoms with van der Waals surface area (Å²) < 4.78 is 16.9. The smallest absolute Gasteiger partial charge is 0.306 e. The van der Waals surface area contributed by atoms with Gasteiger partial charge in [0, 0.05) is 31.4 Å². The van der Waals surface area contributed by atoms with E-state index < -0.39 is 29.3 Å². The molecule has 1 atom stereocenters. The number of rotatable bonds is 6. The van der Waals surface area contributed by atoms with Gasteiger partial charge >= 0.3 is 5.97 Å². The van der Waals surface area contributed by atoms with Crippen molar-refractivity contribution in [3.8, 4) is 0 Å². The Hall–Kier alpha value is -2.71. The van der Waals surface area contributed by atoms with Crippen molar-refractivity contribution in [2.45, 2.75) is 76.9 Å². The van der Waals surface area contributed by atoms with Gasteiger partial charge in [-0.1, -0.05) is 12.1 Å². The average Bonchev–Trinajstić information content (AvgIpc) is 3.32. The van der Waals surface area contributed by atoms with Crippen molar-refractivity contribution in [1.82, 2.24) is 4.90 Å². The summed E-state index contributed by atoms with van der Waals surface area (Å²) >= 11 is 0. The number of ether oxygens (including phenoxy) is 3. The van der Waals surface area contributed by atoms with Crippen molar-refractivity contribution in [3.05, 3.63) is 41.0 Å². The molecule has 0 radical (unpaired) electrons. The van der Waals surface area contributed by atoms with Crippen molar-refractivity contribution < 1.29 is 28.6 Å². The second kappa shape index (κ2) is 8.91. The fourth-order valence-corrected chi connectivity index (χ4v) is 4.72. The zero-order chi connectivity index (χ0) is 23.8. The first-order valence-electron chi connectivity index (χ1n) is 11.5. The Bertz CT molecular complexity index is 987. The van der Waals surface area contributed by atoms with E-state index in [1.54, 1.807) is 20.8 Å². The van der Waals surface area contributed by atoms with Gasteiger partial charge in [-0.15, -0.1) is 0 Å². The maximum atomic E-state index is 13.0. The number of fused-ring (bicyclic) bond motifs is 1. The predicted octanol–water partition coefficient (Wildman–Crippen LogP) is 2.93. The molecule has 2 aliphatic heterocycles. The molecule has 1 aromatic rings. The van der Waals surface area contributed by atoms with E-state index in [2.05, 4.69) is 6.08 Å². The van der Waals surface area contributed by atoms with Crippen molar-refractivity contribution >= 4 is 23.4 Å². The quantitative estimate of drug-likeness (QED) is 0.660. The van der Waals surface area contributed by atoms with E-state index in [1.807, 2.05) is 18.2 Å². The van der Waals surface area contributed by atoms with Crippen LogP contribution < -0.4 is 5.73 Å². The molecule has 1 aliphatic carbocycles. The Kier molecular flexibility index (Phi) is 6.33. The van der Waals surface area contributed by atoms with E-state index in [0.717, 1.165) is 24.0 Å². The molecule has 4 rings (SSSR count). The van der Waals surface area contributed by atoms with Gasteiger partial charge in [0.2, 0.25) is 5.91 Å². The number of carbonyl (C=O) groups is 3. The molecule has 1 fully saturated rings. The van der Waals surface area contributed by atoms with Gasteiger partial charge in [-0.05, 0) is 62.4 Å². The van der Waals surface area contributed by atoms with Gasteiger partial charge in [0.05, 0.1) is 13.2 Å². The Morgan fingerprint density at radius 2 is 1.97 bits per heavy atom. The molecule has 1 aromatic carbocycles. The third-order valence-electron chi connectivity index (χ3n) is 6.30. The van der Waals surface area contributed by atoms with Crippen LogP contribution in [-0.4, -0.2) is 53.3 Å². The lowest BCUT2D eigenvalue weighted by atomic mass is 9.89. The third-order valence-corrected chi connectivity index (χ3v) is 6.30. The van der Waals surface area contributed by atoms with Crippen LogP contribution in [0.2, 0.25) is 0 Å². The number of primary amides is 1. The monoisotopic (exact) mass is 456 g/mol. The van der Waals surface area contributed by atoms with Crippen LogP contribution in [0, 0.1) is 0 Å². The van der Waals surface area contributed by atoms with Crippen LogP contribution in [0.25, 0.3) is 5.57 Å². The fraction of sp³-hybridized carbons (Fsp3) is 0.560. The number of hydrogen-bond acceptors (Lipinski definition) is 6. The van der Waals surface area contributed by atoms with E-state index in [9.17, 15) is 14.4 Å². The number of nitrogens with two attached hydrogens (primary N) is 1. The number of nitrogens with zero attached hydrogens (tertiary/aromatic N) is 1. The van der Waals surface area contributed by atoms with Crippen LogP contribution in [0.1, 0.15) is 74.4 Å². The molecule has 2 amide bonds. The summed E-state index contributed by atoms with van der Waals surface area (Å²) in [4.78, 5) is 38.8. The summed E-state index contributed by atoms with van der Waals surface area (Å²) in [5.74, 6) is -1.77. The Labute approximate surface area is 194 Å². The zero-order valence-electron chi connectivity index (χ0n) is 19.5. The van der Waals surface area contributed by atoms with Crippen LogP contribution >= 0.6 is 0 Å². The Morgan fingerprint density at radius 1 is 1.24 bits per heavy atom. The van der Waals surface area contributed by atoms with Crippen LogP contribution in [-0.2, 0) is 30.3 Å². The van der Waals surface area contributed by atoms with Crippen LogP contribution in [0.4, 0.5) is 0 Å². The topological polar surface area (TPSA) is 108 Å². The Morgan fingerprint density at radius 3 is 2.58 bits per heavy atom. The van der Waals surface area contributed by atoms with Crippen LogP contribution in [0.15, 0.2) is 24.3 Å². The summed E-state index contributed by atoms with van der Waals surface area (Å²) in [6, 6.07) is 4.90. The first kappa shape index (κ1) is 23.4. The van der Waals surface area contributed by atoms with Gasteiger partial charge in [-0.2, -0.15) is 0 Å². The zero-order valence-corrected chi connectivity index (χ0v) is 19.5. The van der Waals surface area contributed by atoms with E-state index in [-0.39, 0.29) is 25.3 Å². The highest BCUT2D eigenvalue weighted by Gasteiger charge is 2.39. The summed E-state index contributed by atoms with van der Waals surface area (Å²) in [6.07, 6.45) is 4.63. The normalized spacial score (nSPS) is 20.5. The minimum Gasteiger partial charge on any atom is -0.460 e. The largest absolute Gasteiger partial charge is 0.460 e. The van der Waals surface area contributed by atoms with E-state index in [1.165, 1.54) is 10.5 Å². The van der Waals surface area contributed by atoms with Gasteiger partial charge in [0.1, 0.15) is 11.6 Å². The molecule has 1 saturated heterocycles. The summed E-state index contributed by atoms with van der Waals surface area (Å²) in [5, 5.41) is 0. The molecular weight excluding hydrogens is 424 g/mol. The molecule has 0 aromatic heterocycles. The molecule has 33 heavy (non-hydrogen) atoms. The predicted molar refractivity (Wildman–Crippen MR) is 121 cm³/mol. The minimum absolute atomic E-state index is 0.00896. The molecule has 0 bridgehead atoms. The maximum Gasteiger partial charge on any atom is 0.306 e. The van der Waals surface area contributed by atoms with Gasteiger partial charge in [0.25, 0.3) is 5.91 Å². The molecule has 1 spiro atoms. The number of benzene rings is 1. The molecular formula is C25H32N2O6. The van der Waals surface area contributed by atoms with Crippen LogP contribution in [0.3, 0.4) is 0 Å². The lowest BCUT2D eigenvalue weighted by Gasteiger charge is -2.30. The number of allylic oxidation sites excluding steroid dienone is 1. The van der Waals surface area contributed by atoms with Crippen molar-refractivity contribution in [2.75, 3.05) is 13.2 Å². The first-order valence-corrected chi connectivity index (χ1v) is 11.5. The number of esters is 1. The number of amides is 2. The van der Waals surface area contributed by atoms with E-state index >= 15 is 0 Å². The average molecular weight is 457 g/mol. The highest BCUT2D eigenvalue weighted by Crippen LogP contribution is 2.39. The Balaban J connectivity index is 1.45. The third kappa shape index (κ3) is 5.12. The van der Waals surface area contributed by atoms with E-state index in [0.29, 0.717) is 25.2 Å². The maximum absolute atomic E-state index is 13.0. The molecule has 8 heteroatoms. The number of hydrogen-bond donors (Lipinski definition) is 1. The van der Waals surface area contributed by atoms with Crippen molar-refractivity contribution in [3.63, 3.8) is 0 Å². The summed E-state index contributed by atoms with van der Waals surface area (Å²) in [7, 11) is 0. The number of carbonyl (C=O) groups excluding carboxylic acids is 3. The first-order chi connectivity index (χ1) is 15.6. The molecule has 8 nitrogen and oxygen atoms in total. The van der Waals surface area contributed by atoms with Gasteiger partial charge in [-0.3, -0.25) is 14.4 Å². The lowest BCUT2D eigenvalue weighted by Crippen LogP contribution is -2.45. The lowest BCUT2D eigenvalue weighted by molar-refractivity contribution is -0.160. The SMILES string of the molecule is CC(C)(C)OC(=O)CC[C@@H](C(N)=O)N1Cc2cc(C3=CCC4(CC3)OCCO4)ccc2C1=O. The molecule has 0 saturated carbocycles.